The third-order valence-electron chi connectivity index (χ3n) is 2.98. The minimum Gasteiger partial charge on any atom is -0.390 e. The Morgan fingerprint density at radius 3 is 2.35 bits per heavy atom. The molecule has 3 heteroatoms. The largest absolute Gasteiger partial charge is 0.390 e. The van der Waals surface area contributed by atoms with Crippen LogP contribution in [0.1, 0.15) is 26.2 Å². The van der Waals surface area contributed by atoms with Gasteiger partial charge < -0.3 is 9.84 Å². The maximum atomic E-state index is 9.95. The number of hydrogen-bond donors (Lipinski definition) is 1. The second kappa shape index (κ2) is 6.52. The second-order valence-electron chi connectivity index (χ2n) is 5.78. The SMILES string of the molecule is CC/C=C\C/C=C\C[C@H](O)[C@@H]1O[C@@H]1[Si](C)(C)C. The molecular weight excluding hydrogens is 228 g/mol. The fourth-order valence-electron chi connectivity index (χ4n) is 1.92. The molecule has 98 valence electrons. The number of hydrogen-bond acceptors (Lipinski definition) is 2. The first-order valence-electron chi connectivity index (χ1n) is 6.60. The highest BCUT2D eigenvalue weighted by molar-refractivity contribution is 6.78. The molecule has 0 saturated carbocycles. The van der Waals surface area contributed by atoms with Gasteiger partial charge in [-0.1, -0.05) is 50.9 Å². The molecule has 0 aliphatic carbocycles. The summed E-state index contributed by atoms with van der Waals surface area (Å²) < 4.78 is 5.60. The maximum Gasteiger partial charge on any atom is 0.107 e. The second-order valence-corrected chi connectivity index (χ2v) is 11.1. The fraction of sp³-hybridized carbons (Fsp3) is 0.714. The van der Waals surface area contributed by atoms with Gasteiger partial charge in [-0.25, -0.2) is 0 Å². The molecule has 1 aliphatic heterocycles. The molecule has 1 saturated heterocycles. The van der Waals surface area contributed by atoms with Crippen LogP contribution in [0, 0.1) is 0 Å². The van der Waals surface area contributed by atoms with E-state index in [9.17, 15) is 5.11 Å². The summed E-state index contributed by atoms with van der Waals surface area (Å²) in [5.41, 5.74) is 0.353. The lowest BCUT2D eigenvalue weighted by molar-refractivity contribution is 0.138. The molecule has 0 aromatic carbocycles. The Morgan fingerprint density at radius 2 is 1.82 bits per heavy atom. The molecule has 2 nitrogen and oxygen atoms in total. The number of epoxide rings is 1. The molecule has 0 aromatic heterocycles. The molecule has 1 aliphatic rings. The zero-order valence-electron chi connectivity index (χ0n) is 11.5. The number of ether oxygens (including phenoxy) is 1. The zero-order valence-corrected chi connectivity index (χ0v) is 12.5. The average Bonchev–Trinajstić information content (AvgIpc) is 3.02. The molecule has 0 bridgehead atoms. The normalized spacial score (nSPS) is 26.9. The van der Waals surface area contributed by atoms with E-state index >= 15 is 0 Å². The molecular formula is C14H26O2Si. The van der Waals surface area contributed by atoms with Crippen molar-refractivity contribution in [2.75, 3.05) is 0 Å². The van der Waals surface area contributed by atoms with E-state index in [1.807, 2.05) is 0 Å². The van der Waals surface area contributed by atoms with Gasteiger partial charge in [-0.2, -0.15) is 0 Å². The highest BCUT2D eigenvalue weighted by atomic mass is 28.3. The van der Waals surface area contributed by atoms with Crippen LogP contribution in [0.5, 0.6) is 0 Å². The molecule has 0 radical (unpaired) electrons. The first kappa shape index (κ1) is 14.7. The van der Waals surface area contributed by atoms with E-state index in [0.29, 0.717) is 12.1 Å². The number of allylic oxidation sites excluding steroid dienone is 3. The minimum absolute atomic E-state index is 0.0949. The Morgan fingerprint density at radius 1 is 1.18 bits per heavy atom. The van der Waals surface area contributed by atoms with Gasteiger partial charge in [0.25, 0.3) is 0 Å². The van der Waals surface area contributed by atoms with E-state index in [0.717, 1.165) is 12.8 Å². The summed E-state index contributed by atoms with van der Waals surface area (Å²) in [6.45, 7) is 8.99. The van der Waals surface area contributed by atoms with Crippen LogP contribution in [0.3, 0.4) is 0 Å². The van der Waals surface area contributed by atoms with Crippen LogP contribution in [-0.2, 0) is 4.74 Å². The summed E-state index contributed by atoms with van der Waals surface area (Å²) >= 11 is 0. The summed E-state index contributed by atoms with van der Waals surface area (Å²) in [5, 5.41) is 9.95. The summed E-state index contributed by atoms with van der Waals surface area (Å²) in [7, 11) is -1.23. The molecule has 1 fully saturated rings. The van der Waals surface area contributed by atoms with E-state index in [1.54, 1.807) is 0 Å². The van der Waals surface area contributed by atoms with Gasteiger partial charge >= 0.3 is 0 Å². The smallest absolute Gasteiger partial charge is 0.107 e. The Bertz CT molecular complexity index is 278. The van der Waals surface area contributed by atoms with Crippen LogP contribution < -0.4 is 0 Å². The van der Waals surface area contributed by atoms with Crippen LogP contribution in [0.15, 0.2) is 24.3 Å². The topological polar surface area (TPSA) is 32.8 Å². The van der Waals surface area contributed by atoms with E-state index < -0.39 is 8.07 Å². The Hall–Kier alpha value is -0.383. The van der Waals surface area contributed by atoms with E-state index in [2.05, 4.69) is 50.9 Å². The molecule has 0 unspecified atom stereocenters. The molecule has 0 amide bonds. The van der Waals surface area contributed by atoms with Crippen LogP contribution in [-0.4, -0.2) is 31.1 Å². The highest BCUT2D eigenvalue weighted by Crippen LogP contribution is 2.34. The number of rotatable bonds is 7. The van der Waals surface area contributed by atoms with Crippen molar-refractivity contribution in [3.63, 3.8) is 0 Å². The first-order valence-corrected chi connectivity index (χ1v) is 10.2. The minimum atomic E-state index is -1.23. The summed E-state index contributed by atoms with van der Waals surface area (Å²) in [6.07, 6.45) is 11.0. The number of aliphatic hydroxyl groups is 1. The van der Waals surface area contributed by atoms with Gasteiger partial charge in [0, 0.05) is 0 Å². The lowest BCUT2D eigenvalue weighted by atomic mass is 10.2. The van der Waals surface area contributed by atoms with Crippen LogP contribution in [0.25, 0.3) is 0 Å². The van der Waals surface area contributed by atoms with Gasteiger partial charge in [0.15, 0.2) is 0 Å². The summed E-state index contributed by atoms with van der Waals surface area (Å²) in [6, 6.07) is 0. The quantitative estimate of drug-likeness (QED) is 0.429. The molecule has 17 heavy (non-hydrogen) atoms. The summed E-state index contributed by atoms with van der Waals surface area (Å²) in [4.78, 5) is 0. The zero-order chi connectivity index (χ0) is 12.9. The molecule has 0 spiro atoms. The first-order chi connectivity index (χ1) is 7.96. The van der Waals surface area contributed by atoms with Gasteiger partial charge in [0.05, 0.1) is 19.9 Å². The van der Waals surface area contributed by atoms with E-state index in [4.69, 9.17) is 4.74 Å². The van der Waals surface area contributed by atoms with Gasteiger partial charge in [0.2, 0.25) is 0 Å². The van der Waals surface area contributed by atoms with Crippen molar-refractivity contribution in [3.05, 3.63) is 24.3 Å². The van der Waals surface area contributed by atoms with Crippen molar-refractivity contribution in [2.24, 2.45) is 0 Å². The number of aliphatic hydroxyl groups excluding tert-OH is 1. The highest BCUT2D eigenvalue weighted by Gasteiger charge is 2.51. The van der Waals surface area contributed by atoms with Crippen molar-refractivity contribution in [3.8, 4) is 0 Å². The predicted molar refractivity (Wildman–Crippen MR) is 75.8 cm³/mol. The van der Waals surface area contributed by atoms with Crippen LogP contribution >= 0.6 is 0 Å². The molecule has 1 N–H and O–H groups in total. The monoisotopic (exact) mass is 254 g/mol. The molecule has 1 rings (SSSR count). The molecule has 0 aromatic rings. The van der Waals surface area contributed by atoms with Gasteiger partial charge in [-0.05, 0) is 19.3 Å². The lowest BCUT2D eigenvalue weighted by Crippen LogP contribution is -2.33. The third kappa shape index (κ3) is 5.19. The fourth-order valence-corrected chi connectivity index (χ4v) is 3.69. The predicted octanol–water partition coefficient (Wildman–Crippen LogP) is 3.29. The van der Waals surface area contributed by atoms with Gasteiger partial charge in [0.1, 0.15) is 6.10 Å². The van der Waals surface area contributed by atoms with Gasteiger partial charge in [-0.3, -0.25) is 0 Å². The Kier molecular flexibility index (Phi) is 5.63. The van der Waals surface area contributed by atoms with Crippen molar-refractivity contribution in [2.45, 2.75) is 63.8 Å². The average molecular weight is 254 g/mol. The molecule has 3 atom stereocenters. The van der Waals surface area contributed by atoms with Crippen molar-refractivity contribution < 1.29 is 9.84 Å². The molecule has 1 heterocycles. The maximum absolute atomic E-state index is 9.95. The van der Waals surface area contributed by atoms with Crippen molar-refractivity contribution in [1.29, 1.82) is 0 Å². The van der Waals surface area contributed by atoms with E-state index in [1.165, 1.54) is 0 Å². The lowest BCUT2D eigenvalue weighted by Gasteiger charge is -2.12. The Balaban J connectivity index is 2.19. The van der Waals surface area contributed by atoms with Gasteiger partial charge in [-0.15, -0.1) is 0 Å². The standard InChI is InChI=1S/C14H26O2Si/c1-5-6-7-8-9-10-11-12(15)13-14(16-13)17(2,3)4/h6-7,9-10,12-15H,5,8,11H2,1-4H3/b7-6-,10-9-/t12-,13-,14+/m0/s1. The Labute approximate surface area is 106 Å². The third-order valence-corrected chi connectivity index (χ3v) is 5.15. The van der Waals surface area contributed by atoms with Crippen LogP contribution in [0.4, 0.5) is 0 Å². The summed E-state index contributed by atoms with van der Waals surface area (Å²) in [5.74, 6) is 0. The van der Waals surface area contributed by atoms with Crippen molar-refractivity contribution in [1.82, 2.24) is 0 Å². The van der Waals surface area contributed by atoms with E-state index in [-0.39, 0.29) is 12.2 Å². The van der Waals surface area contributed by atoms with Crippen LogP contribution in [0.2, 0.25) is 19.6 Å². The van der Waals surface area contributed by atoms with Crippen molar-refractivity contribution >= 4 is 8.07 Å².